The van der Waals surface area contributed by atoms with Crippen molar-refractivity contribution in [1.29, 1.82) is 0 Å². The van der Waals surface area contributed by atoms with E-state index >= 15 is 0 Å². The first-order valence-electron chi connectivity index (χ1n) is 9.31. The zero-order valence-corrected chi connectivity index (χ0v) is 16.7. The Kier molecular flexibility index (Phi) is 4.25. The number of pyridine rings is 1. The number of carbonyl (C=O) groups is 1. The molecule has 3 atom stereocenters. The van der Waals surface area contributed by atoms with Crippen molar-refractivity contribution >= 4 is 21.7 Å². The molecule has 4 heterocycles. The number of morpholine rings is 1. The molecule has 148 valence electrons. The second-order valence-electron chi connectivity index (χ2n) is 8.52. The third kappa shape index (κ3) is 2.92. The molecule has 1 aromatic heterocycles. The molecule has 3 aliphatic rings. The minimum absolute atomic E-state index is 0.0108. The highest BCUT2D eigenvalue weighted by molar-refractivity contribution is 7.89. The molecule has 27 heavy (non-hydrogen) atoms. The molecule has 8 nitrogen and oxygen atoms in total. The molecule has 0 radical (unpaired) electrons. The highest BCUT2D eigenvalue weighted by Gasteiger charge is 2.47. The molecule has 1 unspecified atom stereocenters. The number of nitrogens with zero attached hydrogens (tertiary/aromatic N) is 3. The number of amides is 1. The predicted octanol–water partition coefficient (Wildman–Crippen LogP) is 0.967. The molecule has 2 N–H and O–H groups in total. The Balaban J connectivity index is 1.82. The van der Waals surface area contributed by atoms with Crippen molar-refractivity contribution in [2.75, 3.05) is 24.6 Å². The van der Waals surface area contributed by atoms with Gasteiger partial charge in [-0.2, -0.15) is 4.31 Å². The second kappa shape index (κ2) is 6.15. The number of carbonyl (C=O) groups excluding carboxylic acids is 1. The smallest absolute Gasteiger partial charge is 0.253 e. The fraction of sp³-hybridized carbons (Fsp3) is 0.667. The number of sulfonamides is 1. The molecule has 0 aromatic carbocycles. The number of anilines is 1. The fourth-order valence-corrected chi connectivity index (χ4v) is 6.67. The molecule has 3 fully saturated rings. The zero-order chi connectivity index (χ0) is 19.6. The van der Waals surface area contributed by atoms with Gasteiger partial charge in [0.2, 0.25) is 10.0 Å². The number of primary amides is 1. The van der Waals surface area contributed by atoms with Crippen LogP contribution in [0.25, 0.3) is 0 Å². The Bertz CT molecular complexity index is 885. The molecular weight excluding hydrogens is 368 g/mol. The quantitative estimate of drug-likeness (QED) is 0.816. The van der Waals surface area contributed by atoms with Gasteiger partial charge in [-0.1, -0.05) is 6.92 Å². The van der Waals surface area contributed by atoms with Crippen LogP contribution in [0.4, 0.5) is 5.82 Å². The number of rotatable bonds is 4. The van der Waals surface area contributed by atoms with Crippen LogP contribution in [-0.2, 0) is 14.8 Å². The number of nitrogens with two attached hydrogens (primary N) is 1. The van der Waals surface area contributed by atoms with Crippen LogP contribution in [0.15, 0.2) is 17.2 Å². The number of hydrogen-bond acceptors (Lipinski definition) is 6. The van der Waals surface area contributed by atoms with Gasteiger partial charge >= 0.3 is 0 Å². The van der Waals surface area contributed by atoms with Gasteiger partial charge in [0.25, 0.3) is 5.91 Å². The molecular formula is C18H26N4O4S. The molecule has 4 rings (SSSR count). The first-order chi connectivity index (χ1) is 12.6. The average molecular weight is 394 g/mol. The highest BCUT2D eigenvalue weighted by Crippen LogP contribution is 2.40. The lowest BCUT2D eigenvalue weighted by molar-refractivity contribution is 0.0608. The highest BCUT2D eigenvalue weighted by atomic mass is 32.2. The van der Waals surface area contributed by atoms with Gasteiger partial charge in [0.15, 0.2) is 0 Å². The standard InChI is InChI=1S/C18H26N4O4S/c1-11-7-18(2,3)21(8-11)17-15(16(19)23)14(4-5-20-17)27(24,25)22-9-13-6-12(22)10-26-13/h4-5,11-13H,6-10H2,1-3H3,(H2,19,23)/t11-,12-,13?/m0/s1. The van der Waals surface area contributed by atoms with Crippen LogP contribution < -0.4 is 10.6 Å². The average Bonchev–Trinajstić information content (AvgIpc) is 3.27. The van der Waals surface area contributed by atoms with E-state index in [1.165, 1.54) is 16.6 Å². The van der Waals surface area contributed by atoms with E-state index in [9.17, 15) is 13.2 Å². The van der Waals surface area contributed by atoms with E-state index in [4.69, 9.17) is 10.5 Å². The van der Waals surface area contributed by atoms with E-state index in [2.05, 4.69) is 25.8 Å². The van der Waals surface area contributed by atoms with Gasteiger partial charge < -0.3 is 15.4 Å². The van der Waals surface area contributed by atoms with Gasteiger partial charge in [0.05, 0.1) is 18.8 Å². The van der Waals surface area contributed by atoms with Crippen LogP contribution in [0, 0.1) is 5.92 Å². The zero-order valence-electron chi connectivity index (χ0n) is 15.9. The Morgan fingerprint density at radius 3 is 2.63 bits per heavy atom. The Morgan fingerprint density at radius 2 is 2.11 bits per heavy atom. The molecule has 1 aromatic rings. The molecule has 9 heteroatoms. The summed E-state index contributed by atoms with van der Waals surface area (Å²) in [5.41, 5.74) is 5.42. The van der Waals surface area contributed by atoms with Crippen LogP contribution >= 0.6 is 0 Å². The lowest BCUT2D eigenvalue weighted by atomic mass is 9.97. The SMILES string of the molecule is C[C@@H]1CN(c2nccc(S(=O)(=O)N3CC4C[C@H]3CO4)c2C(N)=O)C(C)(C)C1. The lowest BCUT2D eigenvalue weighted by Gasteiger charge is -2.34. The van der Waals surface area contributed by atoms with Gasteiger partial charge in [-0.05, 0) is 38.7 Å². The summed E-state index contributed by atoms with van der Waals surface area (Å²) < 4.78 is 33.7. The normalized spacial score (nSPS) is 30.2. The van der Waals surface area contributed by atoms with Gasteiger partial charge in [-0.15, -0.1) is 0 Å². The third-order valence-electron chi connectivity index (χ3n) is 5.90. The molecule has 2 bridgehead atoms. The van der Waals surface area contributed by atoms with Crippen LogP contribution in [0.1, 0.15) is 44.0 Å². The molecule has 0 aliphatic carbocycles. The van der Waals surface area contributed by atoms with Crippen LogP contribution in [-0.4, -0.2) is 61.0 Å². The van der Waals surface area contributed by atoms with Crippen molar-refractivity contribution < 1.29 is 17.9 Å². The summed E-state index contributed by atoms with van der Waals surface area (Å²) in [6.45, 7) is 7.68. The molecule has 0 saturated carbocycles. The number of aromatic nitrogens is 1. The topological polar surface area (TPSA) is 106 Å². The monoisotopic (exact) mass is 394 g/mol. The predicted molar refractivity (Wildman–Crippen MR) is 100.0 cm³/mol. The Labute approximate surface area is 159 Å². The van der Waals surface area contributed by atoms with Crippen LogP contribution in [0.3, 0.4) is 0 Å². The number of ether oxygens (including phenoxy) is 1. The van der Waals surface area contributed by atoms with Crippen molar-refractivity contribution in [1.82, 2.24) is 9.29 Å². The maximum Gasteiger partial charge on any atom is 0.253 e. The summed E-state index contributed by atoms with van der Waals surface area (Å²) in [5.74, 6) is 0.000390. The first-order valence-corrected chi connectivity index (χ1v) is 10.7. The molecule has 3 saturated heterocycles. The van der Waals surface area contributed by atoms with Gasteiger partial charge in [0.1, 0.15) is 16.3 Å². The maximum absolute atomic E-state index is 13.4. The lowest BCUT2D eigenvalue weighted by Crippen LogP contribution is -2.43. The fourth-order valence-electron chi connectivity index (χ4n) is 4.83. The van der Waals surface area contributed by atoms with Crippen molar-refractivity contribution in [3.05, 3.63) is 17.8 Å². The summed E-state index contributed by atoms with van der Waals surface area (Å²) in [7, 11) is -3.86. The summed E-state index contributed by atoms with van der Waals surface area (Å²) in [6, 6.07) is 1.21. The minimum atomic E-state index is -3.86. The summed E-state index contributed by atoms with van der Waals surface area (Å²) >= 11 is 0. The first kappa shape index (κ1) is 18.6. The van der Waals surface area contributed by atoms with Gasteiger partial charge in [-0.3, -0.25) is 4.79 Å². The van der Waals surface area contributed by atoms with Crippen molar-refractivity contribution in [2.24, 2.45) is 11.7 Å². The summed E-state index contributed by atoms with van der Waals surface area (Å²) in [4.78, 5) is 18.7. The van der Waals surface area contributed by atoms with Gasteiger partial charge in [-0.25, -0.2) is 13.4 Å². The summed E-state index contributed by atoms with van der Waals surface area (Å²) in [5, 5.41) is 0. The van der Waals surface area contributed by atoms with E-state index in [1.54, 1.807) is 0 Å². The van der Waals surface area contributed by atoms with Crippen molar-refractivity contribution in [3.8, 4) is 0 Å². The van der Waals surface area contributed by atoms with Crippen LogP contribution in [0.5, 0.6) is 0 Å². The number of hydrogen-bond donors (Lipinski definition) is 1. The molecule has 0 spiro atoms. The van der Waals surface area contributed by atoms with Crippen LogP contribution in [0.2, 0.25) is 0 Å². The van der Waals surface area contributed by atoms with E-state index in [-0.39, 0.29) is 28.1 Å². The summed E-state index contributed by atoms with van der Waals surface area (Å²) in [6.07, 6.45) is 3.01. The molecule has 3 aliphatic heterocycles. The molecule has 1 amide bonds. The Morgan fingerprint density at radius 1 is 1.37 bits per heavy atom. The van der Waals surface area contributed by atoms with E-state index in [0.29, 0.717) is 37.9 Å². The van der Waals surface area contributed by atoms with Gasteiger partial charge in [0, 0.05) is 24.8 Å². The maximum atomic E-state index is 13.4. The van der Waals surface area contributed by atoms with E-state index in [1.807, 2.05) is 4.90 Å². The van der Waals surface area contributed by atoms with E-state index < -0.39 is 15.9 Å². The minimum Gasteiger partial charge on any atom is -0.375 e. The largest absolute Gasteiger partial charge is 0.375 e. The second-order valence-corrected chi connectivity index (χ2v) is 10.4. The Hall–Kier alpha value is -1.71. The third-order valence-corrected chi connectivity index (χ3v) is 7.87. The number of fused-ring (bicyclic) bond motifs is 2. The van der Waals surface area contributed by atoms with Crippen molar-refractivity contribution in [3.63, 3.8) is 0 Å². The van der Waals surface area contributed by atoms with E-state index in [0.717, 1.165) is 6.42 Å². The van der Waals surface area contributed by atoms with Crippen molar-refractivity contribution in [2.45, 2.75) is 56.2 Å².